The molecule has 52 heavy (non-hydrogen) atoms. The minimum Gasteiger partial charge on any atom is -0.478 e. The third-order valence-corrected chi connectivity index (χ3v) is 14.7. The lowest BCUT2D eigenvalue weighted by atomic mass is 9.33. The number of fused-ring (bicyclic) bond motifs is 7. The van der Waals surface area contributed by atoms with Crippen LogP contribution < -0.4 is 5.32 Å². The lowest BCUT2D eigenvalue weighted by molar-refractivity contribution is -0.216. The minimum absolute atomic E-state index is 0.0113. The average molecular weight is 704 g/mol. The Balaban J connectivity index is 0.000000810. The van der Waals surface area contributed by atoms with Gasteiger partial charge in [-0.25, -0.2) is 4.79 Å². The number of carbonyl (C=O) groups excluding carboxylic acids is 1. The van der Waals surface area contributed by atoms with Crippen LogP contribution in [-0.2, 0) is 11.2 Å². The van der Waals surface area contributed by atoms with E-state index in [4.69, 9.17) is 0 Å². The third kappa shape index (κ3) is 6.75. The molecule has 0 saturated heterocycles. The zero-order chi connectivity index (χ0) is 38.5. The van der Waals surface area contributed by atoms with E-state index < -0.39 is 5.97 Å². The van der Waals surface area contributed by atoms with Gasteiger partial charge in [-0.3, -0.25) is 14.8 Å². The topological polar surface area (TPSA) is 92.2 Å². The molecule has 4 saturated carbocycles. The van der Waals surface area contributed by atoms with Crippen LogP contribution in [0, 0.1) is 71.0 Å². The molecule has 6 heteroatoms. The van der Waals surface area contributed by atoms with Crippen molar-refractivity contribution >= 4 is 17.4 Å². The first-order valence-corrected chi connectivity index (χ1v) is 19.1. The molecule has 1 aromatic heterocycles. The SMILES string of the molecule is C#C.C#C.C=CC.CC1(C)C(c2ccc(C(=O)O)cc2)=CC[C@@]2(C)C1CC[C@]1(C)C2CC[C@@H]2C3CCC[C@]3(NC(=O)Cc3cnccn3)CC[C@]21C. The van der Waals surface area contributed by atoms with Gasteiger partial charge in [0.1, 0.15) is 0 Å². The number of rotatable bonds is 5. The summed E-state index contributed by atoms with van der Waals surface area (Å²) in [6, 6.07) is 7.54. The number of nitrogens with zero attached hydrogens (tertiary/aromatic N) is 2. The van der Waals surface area contributed by atoms with Gasteiger partial charge in [-0.2, -0.15) is 0 Å². The highest BCUT2D eigenvalue weighted by Gasteiger charge is 2.69. The van der Waals surface area contributed by atoms with Gasteiger partial charge in [-0.15, -0.1) is 32.3 Å². The number of hydrogen-bond donors (Lipinski definition) is 2. The number of aromatic carboxylic acids is 1. The second kappa shape index (κ2) is 15.8. The molecule has 1 heterocycles. The first-order valence-electron chi connectivity index (χ1n) is 19.1. The van der Waals surface area contributed by atoms with Gasteiger partial charge < -0.3 is 10.4 Å². The second-order valence-corrected chi connectivity index (χ2v) is 17.1. The summed E-state index contributed by atoms with van der Waals surface area (Å²) in [6.45, 7) is 18.1. The van der Waals surface area contributed by atoms with E-state index in [1.807, 2.05) is 19.1 Å². The van der Waals surface area contributed by atoms with Gasteiger partial charge in [0.2, 0.25) is 5.91 Å². The average Bonchev–Trinajstić information content (AvgIpc) is 3.54. The monoisotopic (exact) mass is 703 g/mol. The predicted octanol–water partition coefficient (Wildman–Crippen LogP) is 9.83. The van der Waals surface area contributed by atoms with E-state index in [0.29, 0.717) is 35.7 Å². The van der Waals surface area contributed by atoms with Crippen LogP contribution in [0.5, 0.6) is 0 Å². The maximum Gasteiger partial charge on any atom is 0.335 e. The highest BCUT2D eigenvalue weighted by molar-refractivity contribution is 5.88. The van der Waals surface area contributed by atoms with Crippen molar-refractivity contribution in [1.82, 2.24) is 15.3 Å². The fraction of sp³-hybridized carbons (Fsp3) is 0.565. The molecule has 3 unspecified atom stereocenters. The number of allylic oxidation sites excluding steroid dienone is 3. The second-order valence-electron chi connectivity index (χ2n) is 17.1. The summed E-state index contributed by atoms with van der Waals surface area (Å²) in [7, 11) is 0. The maximum atomic E-state index is 13.4. The molecule has 1 amide bonds. The van der Waals surface area contributed by atoms with Gasteiger partial charge in [-0.05, 0) is 133 Å². The number of nitrogens with one attached hydrogen (secondary N) is 1. The van der Waals surface area contributed by atoms with Crippen LogP contribution in [0.1, 0.15) is 127 Å². The molecule has 2 aromatic rings. The van der Waals surface area contributed by atoms with Crippen molar-refractivity contribution in [1.29, 1.82) is 0 Å². The number of hydrogen-bond acceptors (Lipinski definition) is 4. The number of benzene rings is 1. The molecule has 6 nitrogen and oxygen atoms in total. The Morgan fingerprint density at radius 2 is 1.56 bits per heavy atom. The number of carboxylic acid groups (broad SMARTS) is 1. The lowest BCUT2D eigenvalue weighted by Crippen LogP contribution is -2.67. The molecule has 0 radical (unpaired) electrons. The highest BCUT2D eigenvalue weighted by Crippen LogP contribution is 2.76. The molecular weight excluding hydrogens is 643 g/mol. The van der Waals surface area contributed by atoms with E-state index in [2.05, 4.69) is 88.3 Å². The lowest BCUT2D eigenvalue weighted by Gasteiger charge is -2.72. The molecule has 4 fully saturated rings. The van der Waals surface area contributed by atoms with Gasteiger partial charge in [0, 0.05) is 24.1 Å². The van der Waals surface area contributed by atoms with Crippen LogP contribution in [0.15, 0.2) is 61.6 Å². The zero-order valence-corrected chi connectivity index (χ0v) is 32.5. The molecule has 1 aromatic carbocycles. The Labute approximate surface area is 313 Å². The quantitative estimate of drug-likeness (QED) is 0.239. The van der Waals surface area contributed by atoms with Crippen molar-refractivity contribution in [2.24, 2.45) is 45.3 Å². The van der Waals surface area contributed by atoms with Crippen molar-refractivity contribution in [3.63, 3.8) is 0 Å². The van der Waals surface area contributed by atoms with Crippen LogP contribution in [0.25, 0.3) is 5.57 Å². The Kier molecular flexibility index (Phi) is 12.4. The normalized spacial score (nSPS) is 34.8. The van der Waals surface area contributed by atoms with Gasteiger partial charge in [0.15, 0.2) is 0 Å². The van der Waals surface area contributed by atoms with E-state index in [1.165, 1.54) is 56.1 Å². The molecule has 5 aliphatic rings. The van der Waals surface area contributed by atoms with Crippen LogP contribution in [-0.4, -0.2) is 32.5 Å². The molecular formula is C46H61N3O3. The Hall–Kier alpha value is -4.16. The number of carboxylic acids is 1. The summed E-state index contributed by atoms with van der Waals surface area (Å²) in [4.78, 5) is 33.4. The van der Waals surface area contributed by atoms with Crippen molar-refractivity contribution in [3.8, 4) is 25.7 Å². The fourth-order valence-electron chi connectivity index (χ4n) is 12.6. The number of terminal acetylenes is 2. The largest absolute Gasteiger partial charge is 0.478 e. The molecule has 278 valence electrons. The van der Waals surface area contributed by atoms with E-state index in [1.54, 1.807) is 36.8 Å². The zero-order valence-electron chi connectivity index (χ0n) is 32.5. The summed E-state index contributed by atoms with van der Waals surface area (Å²) >= 11 is 0. The smallest absolute Gasteiger partial charge is 0.335 e. The van der Waals surface area contributed by atoms with E-state index in [9.17, 15) is 14.7 Å². The third-order valence-electron chi connectivity index (χ3n) is 14.7. The molecule has 5 aliphatic carbocycles. The number of carbonyl (C=O) groups is 2. The highest BCUT2D eigenvalue weighted by atomic mass is 16.4. The van der Waals surface area contributed by atoms with Gasteiger partial charge >= 0.3 is 5.97 Å². The molecule has 8 atom stereocenters. The van der Waals surface area contributed by atoms with E-state index >= 15 is 0 Å². The predicted molar refractivity (Wildman–Crippen MR) is 212 cm³/mol. The van der Waals surface area contributed by atoms with Crippen molar-refractivity contribution in [3.05, 3.63) is 78.4 Å². The Bertz CT molecular complexity index is 1650. The number of aromatic nitrogens is 2. The standard InChI is InChI=1S/C39H51N3O3.C3H6.2C2H2/c1-35(2)28(25-8-10-26(11-9-25)34(44)45)14-17-36(3)31(35)15-18-38(5)32(36)13-12-29-30-7-6-16-39(30,20-19-37(29,38)4)42-33(43)23-27-24-40-21-22-41-27;1-3-2;2*1-2/h8-11,14,21-22,24,29-32H,6-7,12-13,15-20,23H2,1-5H3,(H,42,43)(H,44,45);3H,1H2,2H3;2*1-2H/t29-,30?,31?,32?,36+,37-,38-,39+;;;/m1.../s1. The summed E-state index contributed by atoms with van der Waals surface area (Å²) in [5, 5.41) is 13.1. The fourth-order valence-corrected chi connectivity index (χ4v) is 12.6. The van der Waals surface area contributed by atoms with Gasteiger partial charge in [0.05, 0.1) is 17.7 Å². The minimum atomic E-state index is -0.872. The van der Waals surface area contributed by atoms with Crippen LogP contribution in [0.4, 0.5) is 0 Å². The molecule has 7 rings (SSSR count). The number of amides is 1. The first kappa shape index (κ1) is 40.6. The first-order chi connectivity index (χ1) is 24.8. The maximum absolute atomic E-state index is 13.4. The van der Waals surface area contributed by atoms with Crippen molar-refractivity contribution < 1.29 is 14.7 Å². The molecule has 0 bridgehead atoms. The van der Waals surface area contributed by atoms with E-state index in [-0.39, 0.29) is 33.1 Å². The van der Waals surface area contributed by atoms with Gasteiger partial charge in [-0.1, -0.05) is 65.3 Å². The molecule has 0 spiro atoms. The van der Waals surface area contributed by atoms with Crippen LogP contribution in [0.2, 0.25) is 0 Å². The molecule has 2 N–H and O–H groups in total. The summed E-state index contributed by atoms with van der Waals surface area (Å²) < 4.78 is 0. The summed E-state index contributed by atoms with van der Waals surface area (Å²) in [5.74, 6) is 1.66. The Morgan fingerprint density at radius 1 is 0.885 bits per heavy atom. The van der Waals surface area contributed by atoms with Crippen molar-refractivity contribution in [2.45, 2.75) is 118 Å². The summed E-state index contributed by atoms with van der Waals surface area (Å²) in [6.07, 6.45) is 37.5. The van der Waals surface area contributed by atoms with E-state index in [0.717, 1.165) is 25.0 Å². The Morgan fingerprint density at radius 3 is 2.17 bits per heavy atom. The van der Waals surface area contributed by atoms with Crippen LogP contribution >= 0.6 is 0 Å². The van der Waals surface area contributed by atoms with Crippen molar-refractivity contribution in [2.75, 3.05) is 0 Å². The van der Waals surface area contributed by atoms with Gasteiger partial charge in [0.25, 0.3) is 0 Å². The van der Waals surface area contributed by atoms with Crippen LogP contribution in [0.3, 0.4) is 0 Å². The molecule has 0 aliphatic heterocycles. The summed E-state index contributed by atoms with van der Waals surface area (Å²) in [5.41, 5.74) is 4.33.